The van der Waals surface area contributed by atoms with Crippen molar-refractivity contribution in [2.45, 2.75) is 64.8 Å². The predicted molar refractivity (Wildman–Crippen MR) is 91.8 cm³/mol. The van der Waals surface area contributed by atoms with Gasteiger partial charge in [-0.3, -0.25) is 9.59 Å². The van der Waals surface area contributed by atoms with Crippen molar-refractivity contribution >= 4 is 11.8 Å². The van der Waals surface area contributed by atoms with Gasteiger partial charge in [0.1, 0.15) is 0 Å². The first kappa shape index (κ1) is 17.9. The number of hydrogen-bond donors (Lipinski definition) is 0. The summed E-state index contributed by atoms with van der Waals surface area (Å²) < 4.78 is 5.26. The van der Waals surface area contributed by atoms with Crippen LogP contribution in [0.5, 0.6) is 0 Å². The van der Waals surface area contributed by atoms with Crippen molar-refractivity contribution in [3.8, 4) is 0 Å². The van der Waals surface area contributed by atoms with E-state index >= 15 is 0 Å². The first-order chi connectivity index (χ1) is 12.0. The minimum Gasteiger partial charge on any atom is -0.342 e. The Bertz CT molecular complexity index is 622. The maximum atomic E-state index is 12.8. The van der Waals surface area contributed by atoms with E-state index in [0.29, 0.717) is 37.8 Å². The molecule has 2 aliphatic heterocycles. The van der Waals surface area contributed by atoms with Gasteiger partial charge in [0.2, 0.25) is 17.7 Å². The van der Waals surface area contributed by atoms with Gasteiger partial charge in [-0.25, -0.2) is 0 Å². The zero-order chi connectivity index (χ0) is 18.0. The molecule has 0 aromatic carbocycles. The molecule has 0 unspecified atom stereocenters. The highest BCUT2D eigenvalue weighted by Crippen LogP contribution is 2.29. The molecule has 0 saturated carbocycles. The zero-order valence-electron chi connectivity index (χ0n) is 15.4. The van der Waals surface area contributed by atoms with Gasteiger partial charge in [-0.15, -0.1) is 0 Å². The van der Waals surface area contributed by atoms with Gasteiger partial charge in [-0.2, -0.15) is 4.98 Å². The molecule has 2 atom stereocenters. The average Bonchev–Trinajstić information content (AvgIpc) is 3.20. The van der Waals surface area contributed by atoms with E-state index in [1.807, 2.05) is 16.7 Å². The highest BCUT2D eigenvalue weighted by atomic mass is 16.5. The van der Waals surface area contributed by atoms with Gasteiger partial charge in [-0.05, 0) is 33.1 Å². The highest BCUT2D eigenvalue weighted by molar-refractivity contribution is 5.89. The molecule has 138 valence electrons. The molecule has 2 fully saturated rings. The van der Waals surface area contributed by atoms with E-state index in [1.165, 1.54) is 0 Å². The average molecular weight is 348 g/mol. The Morgan fingerprint density at radius 1 is 1.36 bits per heavy atom. The summed E-state index contributed by atoms with van der Waals surface area (Å²) in [7, 11) is 0. The smallest absolute Gasteiger partial charge is 0.229 e. The first-order valence-corrected chi connectivity index (χ1v) is 9.38. The number of aromatic nitrogens is 2. The van der Waals surface area contributed by atoms with E-state index in [9.17, 15) is 9.59 Å². The number of likely N-dealkylation sites (tertiary alicyclic amines) is 2. The Labute approximate surface area is 148 Å². The lowest BCUT2D eigenvalue weighted by atomic mass is 9.95. The molecule has 3 heterocycles. The fraction of sp³-hybridized carbons (Fsp3) is 0.778. The molecule has 1 aromatic heterocycles. The molecule has 2 saturated heterocycles. The molecule has 0 N–H and O–H groups in total. The van der Waals surface area contributed by atoms with Crippen LogP contribution in [0.15, 0.2) is 4.52 Å². The predicted octanol–water partition coefficient (Wildman–Crippen LogP) is 2.12. The van der Waals surface area contributed by atoms with E-state index in [2.05, 4.69) is 24.0 Å². The summed E-state index contributed by atoms with van der Waals surface area (Å²) in [4.78, 5) is 33.2. The Morgan fingerprint density at radius 2 is 2.08 bits per heavy atom. The fourth-order valence-corrected chi connectivity index (χ4v) is 3.98. The van der Waals surface area contributed by atoms with Crippen molar-refractivity contribution in [2.75, 3.05) is 19.6 Å². The Kier molecular flexibility index (Phi) is 5.39. The number of piperidine rings is 1. The third-order valence-electron chi connectivity index (χ3n) is 5.45. The second-order valence-corrected chi connectivity index (χ2v) is 7.36. The summed E-state index contributed by atoms with van der Waals surface area (Å²) in [6, 6.07) is 0.224. The van der Waals surface area contributed by atoms with Crippen LogP contribution in [0.25, 0.3) is 0 Å². The number of carbonyl (C=O) groups is 2. The van der Waals surface area contributed by atoms with Crippen LogP contribution in [0.3, 0.4) is 0 Å². The fourth-order valence-electron chi connectivity index (χ4n) is 3.98. The van der Waals surface area contributed by atoms with Gasteiger partial charge in [0.25, 0.3) is 0 Å². The Morgan fingerprint density at radius 3 is 2.68 bits per heavy atom. The first-order valence-electron chi connectivity index (χ1n) is 9.38. The molecule has 0 radical (unpaired) electrons. The molecule has 1 aromatic rings. The van der Waals surface area contributed by atoms with Crippen LogP contribution in [0.1, 0.15) is 63.6 Å². The van der Waals surface area contributed by atoms with Crippen molar-refractivity contribution in [2.24, 2.45) is 5.92 Å². The summed E-state index contributed by atoms with van der Waals surface area (Å²) in [5.74, 6) is 1.63. The van der Waals surface area contributed by atoms with Gasteiger partial charge in [0, 0.05) is 38.0 Å². The molecule has 0 bridgehead atoms. The number of aryl methyl sites for hydroxylation is 1. The summed E-state index contributed by atoms with van der Waals surface area (Å²) in [5, 5.41) is 3.85. The second-order valence-electron chi connectivity index (χ2n) is 7.36. The molecule has 2 aliphatic rings. The summed E-state index contributed by atoms with van der Waals surface area (Å²) in [6.07, 6.45) is 4.07. The Balaban J connectivity index is 1.53. The summed E-state index contributed by atoms with van der Waals surface area (Å²) in [5.41, 5.74) is 0. The molecule has 25 heavy (non-hydrogen) atoms. The van der Waals surface area contributed by atoms with Crippen LogP contribution in [-0.4, -0.2) is 57.4 Å². The van der Waals surface area contributed by atoms with E-state index in [0.717, 1.165) is 25.7 Å². The largest absolute Gasteiger partial charge is 0.342 e. The van der Waals surface area contributed by atoms with Crippen molar-refractivity contribution < 1.29 is 14.1 Å². The number of amides is 2. The van der Waals surface area contributed by atoms with Crippen molar-refractivity contribution in [1.29, 1.82) is 0 Å². The number of carbonyl (C=O) groups excluding carboxylic acids is 2. The van der Waals surface area contributed by atoms with Crippen molar-refractivity contribution in [3.05, 3.63) is 11.7 Å². The van der Waals surface area contributed by atoms with E-state index in [1.54, 1.807) is 0 Å². The molecular formula is C18H28N4O3. The molecule has 0 spiro atoms. The quantitative estimate of drug-likeness (QED) is 0.814. The van der Waals surface area contributed by atoms with Crippen LogP contribution >= 0.6 is 0 Å². The summed E-state index contributed by atoms with van der Waals surface area (Å²) >= 11 is 0. The van der Waals surface area contributed by atoms with E-state index in [4.69, 9.17) is 4.52 Å². The van der Waals surface area contributed by atoms with Crippen molar-refractivity contribution in [3.63, 3.8) is 0 Å². The van der Waals surface area contributed by atoms with Gasteiger partial charge in [0.15, 0.2) is 5.82 Å². The highest BCUT2D eigenvalue weighted by Gasteiger charge is 2.39. The number of nitrogens with zero attached hydrogens (tertiary/aromatic N) is 4. The molecule has 0 aliphatic carbocycles. The van der Waals surface area contributed by atoms with Gasteiger partial charge >= 0.3 is 0 Å². The maximum Gasteiger partial charge on any atom is 0.229 e. The van der Waals surface area contributed by atoms with Crippen LogP contribution in [-0.2, 0) is 9.59 Å². The van der Waals surface area contributed by atoms with E-state index in [-0.39, 0.29) is 29.7 Å². The van der Waals surface area contributed by atoms with Crippen LogP contribution in [0, 0.1) is 12.8 Å². The standard InChI is InChI=1S/C18H28N4O3/c1-4-5-12(2)22-11-15(10-16(22)23)18(24)21-8-6-14(7-9-21)17-19-13(3)20-25-17/h12,14-15H,4-11H2,1-3H3/t12-,15+/m0/s1. The van der Waals surface area contributed by atoms with Crippen LogP contribution < -0.4 is 0 Å². The minimum absolute atomic E-state index is 0.121. The topological polar surface area (TPSA) is 79.5 Å². The van der Waals surface area contributed by atoms with Crippen molar-refractivity contribution in [1.82, 2.24) is 19.9 Å². The monoisotopic (exact) mass is 348 g/mol. The van der Waals surface area contributed by atoms with Gasteiger partial charge in [-0.1, -0.05) is 18.5 Å². The third kappa shape index (κ3) is 3.85. The van der Waals surface area contributed by atoms with Crippen LogP contribution in [0.2, 0.25) is 0 Å². The maximum absolute atomic E-state index is 12.8. The molecule has 2 amide bonds. The second kappa shape index (κ2) is 7.54. The minimum atomic E-state index is -0.186. The van der Waals surface area contributed by atoms with E-state index < -0.39 is 0 Å². The number of hydrogen-bond acceptors (Lipinski definition) is 5. The number of rotatable bonds is 5. The molecule has 7 heteroatoms. The van der Waals surface area contributed by atoms with Gasteiger partial charge in [0.05, 0.1) is 5.92 Å². The Hall–Kier alpha value is -1.92. The molecular weight excluding hydrogens is 320 g/mol. The lowest BCUT2D eigenvalue weighted by Gasteiger charge is -2.32. The molecule has 7 nitrogen and oxygen atoms in total. The lowest BCUT2D eigenvalue weighted by molar-refractivity contribution is -0.137. The van der Waals surface area contributed by atoms with Crippen LogP contribution in [0.4, 0.5) is 0 Å². The van der Waals surface area contributed by atoms with Gasteiger partial charge < -0.3 is 14.3 Å². The summed E-state index contributed by atoms with van der Waals surface area (Å²) in [6.45, 7) is 7.97. The SMILES string of the molecule is CCC[C@H](C)N1C[C@H](C(=O)N2CCC(c3nc(C)no3)CC2)CC1=O. The zero-order valence-corrected chi connectivity index (χ0v) is 15.4. The third-order valence-corrected chi connectivity index (χ3v) is 5.45. The molecule has 3 rings (SSSR count). The normalized spacial score (nSPS) is 23.3. The lowest BCUT2D eigenvalue weighted by Crippen LogP contribution is -2.42.